The molecule has 0 heterocycles. The molecule has 22 heavy (non-hydrogen) atoms. The van der Waals surface area contributed by atoms with Crippen molar-refractivity contribution < 1.29 is 22.7 Å². The Hall–Kier alpha value is -1.76. The molecule has 0 spiro atoms. The van der Waals surface area contributed by atoms with Crippen LogP contribution < -0.4 is 10.5 Å². The Bertz CT molecular complexity index is 510. The fourth-order valence-electron chi connectivity index (χ4n) is 1.85. The molecule has 1 amide bonds. The Labute approximate surface area is 128 Å². The molecule has 7 heteroatoms. The molecule has 0 aliphatic heterocycles. The van der Waals surface area contributed by atoms with Gasteiger partial charge >= 0.3 is 6.61 Å². The highest BCUT2D eigenvalue weighted by Crippen LogP contribution is 2.23. The Kier molecular flexibility index (Phi) is 6.67. The Balaban J connectivity index is 2.83. The first-order chi connectivity index (χ1) is 10.2. The van der Waals surface area contributed by atoms with E-state index >= 15 is 0 Å². The van der Waals surface area contributed by atoms with Crippen molar-refractivity contribution in [2.45, 2.75) is 32.9 Å². The van der Waals surface area contributed by atoms with Gasteiger partial charge in [0.05, 0.1) is 5.56 Å². The topological polar surface area (TPSA) is 55.6 Å². The second-order valence-electron chi connectivity index (χ2n) is 5.44. The SMILES string of the molecule is CC(C)C(N)CCN(C)C(=O)c1ccc(F)cc1OC(F)F. The highest BCUT2D eigenvalue weighted by Gasteiger charge is 2.20. The van der Waals surface area contributed by atoms with Gasteiger partial charge < -0.3 is 15.4 Å². The first kappa shape index (κ1) is 18.3. The molecule has 0 aromatic heterocycles. The predicted molar refractivity (Wildman–Crippen MR) is 77.4 cm³/mol. The largest absolute Gasteiger partial charge is 0.434 e. The molecule has 0 aliphatic carbocycles. The highest BCUT2D eigenvalue weighted by molar-refractivity contribution is 5.96. The van der Waals surface area contributed by atoms with Crippen molar-refractivity contribution in [1.82, 2.24) is 4.90 Å². The zero-order valence-corrected chi connectivity index (χ0v) is 12.9. The normalized spacial score (nSPS) is 12.6. The molecule has 0 bridgehead atoms. The molecule has 124 valence electrons. The van der Waals surface area contributed by atoms with Crippen molar-refractivity contribution in [3.8, 4) is 5.75 Å². The summed E-state index contributed by atoms with van der Waals surface area (Å²) < 4.78 is 42.1. The van der Waals surface area contributed by atoms with Crippen LogP contribution in [-0.4, -0.2) is 37.1 Å². The van der Waals surface area contributed by atoms with E-state index < -0.39 is 24.1 Å². The molecule has 0 radical (unpaired) electrons. The van der Waals surface area contributed by atoms with Crippen molar-refractivity contribution in [3.05, 3.63) is 29.6 Å². The third-order valence-corrected chi connectivity index (χ3v) is 3.39. The second-order valence-corrected chi connectivity index (χ2v) is 5.44. The third-order valence-electron chi connectivity index (χ3n) is 3.39. The standard InChI is InChI=1S/C15H21F3N2O2/c1-9(2)12(19)6-7-20(3)14(21)11-5-4-10(16)8-13(11)22-15(17)18/h4-5,8-9,12,15H,6-7,19H2,1-3H3. The molecule has 1 unspecified atom stereocenters. The van der Waals surface area contributed by atoms with Crippen LogP contribution in [-0.2, 0) is 0 Å². The van der Waals surface area contributed by atoms with Gasteiger partial charge in [0.1, 0.15) is 11.6 Å². The molecule has 4 nitrogen and oxygen atoms in total. The van der Waals surface area contributed by atoms with E-state index in [0.717, 1.165) is 18.2 Å². The predicted octanol–water partition coefficient (Wildman–Crippen LogP) is 2.87. The van der Waals surface area contributed by atoms with Crippen LogP contribution in [0.15, 0.2) is 18.2 Å². The number of alkyl halides is 2. The van der Waals surface area contributed by atoms with Gasteiger partial charge in [-0.15, -0.1) is 0 Å². The van der Waals surface area contributed by atoms with Crippen LogP contribution in [0.25, 0.3) is 0 Å². The molecule has 0 aliphatic rings. The molecule has 0 saturated carbocycles. The van der Waals surface area contributed by atoms with Crippen LogP contribution >= 0.6 is 0 Å². The smallest absolute Gasteiger partial charge is 0.387 e. The maximum Gasteiger partial charge on any atom is 0.387 e. The van der Waals surface area contributed by atoms with E-state index in [1.165, 1.54) is 11.9 Å². The van der Waals surface area contributed by atoms with E-state index in [-0.39, 0.29) is 17.5 Å². The van der Waals surface area contributed by atoms with Gasteiger partial charge in [0.25, 0.3) is 5.91 Å². The minimum absolute atomic E-state index is 0.0692. The van der Waals surface area contributed by atoms with Crippen LogP contribution in [0.1, 0.15) is 30.6 Å². The Morgan fingerprint density at radius 1 is 1.36 bits per heavy atom. The maximum atomic E-state index is 13.1. The average Bonchev–Trinajstić information content (AvgIpc) is 2.43. The molecule has 1 atom stereocenters. The fraction of sp³-hybridized carbons (Fsp3) is 0.533. The lowest BCUT2D eigenvalue weighted by Crippen LogP contribution is -2.34. The van der Waals surface area contributed by atoms with Gasteiger partial charge in [-0.25, -0.2) is 4.39 Å². The molecule has 0 saturated heterocycles. The third kappa shape index (κ3) is 5.22. The second kappa shape index (κ2) is 8.03. The molecule has 0 fully saturated rings. The molecular weight excluding hydrogens is 297 g/mol. The minimum atomic E-state index is -3.13. The fourth-order valence-corrected chi connectivity index (χ4v) is 1.85. The molecule has 1 aromatic carbocycles. The van der Waals surface area contributed by atoms with Gasteiger partial charge in [0, 0.05) is 25.7 Å². The van der Waals surface area contributed by atoms with Crippen LogP contribution in [0.2, 0.25) is 0 Å². The molecule has 1 aromatic rings. The maximum absolute atomic E-state index is 13.1. The van der Waals surface area contributed by atoms with E-state index in [2.05, 4.69) is 4.74 Å². The molecular formula is C15H21F3N2O2. The number of carbonyl (C=O) groups is 1. The van der Waals surface area contributed by atoms with E-state index in [9.17, 15) is 18.0 Å². The number of nitrogens with zero attached hydrogens (tertiary/aromatic N) is 1. The van der Waals surface area contributed by atoms with Crippen LogP contribution in [0.5, 0.6) is 5.75 Å². The van der Waals surface area contributed by atoms with Crippen LogP contribution in [0, 0.1) is 11.7 Å². The van der Waals surface area contributed by atoms with E-state index in [1.807, 2.05) is 13.8 Å². The highest BCUT2D eigenvalue weighted by atomic mass is 19.3. The van der Waals surface area contributed by atoms with Gasteiger partial charge in [0.2, 0.25) is 0 Å². The average molecular weight is 318 g/mol. The number of carbonyl (C=O) groups excluding carboxylic acids is 1. The van der Waals surface area contributed by atoms with Crippen molar-refractivity contribution >= 4 is 5.91 Å². The van der Waals surface area contributed by atoms with Crippen molar-refractivity contribution in [1.29, 1.82) is 0 Å². The minimum Gasteiger partial charge on any atom is -0.434 e. The van der Waals surface area contributed by atoms with E-state index in [1.54, 1.807) is 0 Å². The summed E-state index contributed by atoms with van der Waals surface area (Å²) in [5.74, 6) is -1.48. The summed E-state index contributed by atoms with van der Waals surface area (Å²) in [4.78, 5) is 13.6. The monoisotopic (exact) mass is 318 g/mol. The molecule has 2 N–H and O–H groups in total. The quantitative estimate of drug-likeness (QED) is 0.841. The molecule has 1 rings (SSSR count). The summed E-state index contributed by atoms with van der Waals surface area (Å²) in [5.41, 5.74) is 5.80. The van der Waals surface area contributed by atoms with E-state index in [0.29, 0.717) is 13.0 Å². The number of nitrogens with two attached hydrogens (primary N) is 1. The number of hydrogen-bond acceptors (Lipinski definition) is 3. The summed E-state index contributed by atoms with van der Waals surface area (Å²) in [6.45, 7) is 1.18. The summed E-state index contributed by atoms with van der Waals surface area (Å²) >= 11 is 0. The zero-order chi connectivity index (χ0) is 16.9. The van der Waals surface area contributed by atoms with Gasteiger partial charge in [-0.2, -0.15) is 8.78 Å². The van der Waals surface area contributed by atoms with Crippen molar-refractivity contribution in [3.63, 3.8) is 0 Å². The Morgan fingerprint density at radius 3 is 2.55 bits per heavy atom. The van der Waals surface area contributed by atoms with Gasteiger partial charge in [-0.1, -0.05) is 13.8 Å². The number of hydrogen-bond donors (Lipinski definition) is 1. The number of benzene rings is 1. The van der Waals surface area contributed by atoms with Crippen molar-refractivity contribution in [2.24, 2.45) is 11.7 Å². The summed E-state index contributed by atoms with van der Waals surface area (Å²) in [5, 5.41) is 0. The number of amides is 1. The van der Waals surface area contributed by atoms with Gasteiger partial charge in [-0.05, 0) is 24.5 Å². The Morgan fingerprint density at radius 2 is 2.00 bits per heavy atom. The van der Waals surface area contributed by atoms with Crippen LogP contribution in [0.4, 0.5) is 13.2 Å². The van der Waals surface area contributed by atoms with Gasteiger partial charge in [-0.3, -0.25) is 4.79 Å². The lowest BCUT2D eigenvalue weighted by molar-refractivity contribution is -0.0504. The van der Waals surface area contributed by atoms with Crippen molar-refractivity contribution in [2.75, 3.05) is 13.6 Å². The van der Waals surface area contributed by atoms with Gasteiger partial charge in [0.15, 0.2) is 0 Å². The lowest BCUT2D eigenvalue weighted by atomic mass is 10.0. The number of rotatable bonds is 7. The zero-order valence-electron chi connectivity index (χ0n) is 12.9. The number of halogens is 3. The summed E-state index contributed by atoms with van der Waals surface area (Å²) in [6.07, 6.45) is 0.576. The summed E-state index contributed by atoms with van der Waals surface area (Å²) in [7, 11) is 1.53. The number of ether oxygens (including phenoxy) is 1. The summed E-state index contributed by atoms with van der Waals surface area (Å²) in [6, 6.07) is 2.86. The van der Waals surface area contributed by atoms with Crippen LogP contribution in [0.3, 0.4) is 0 Å². The lowest BCUT2D eigenvalue weighted by Gasteiger charge is -2.22. The van der Waals surface area contributed by atoms with E-state index in [4.69, 9.17) is 5.73 Å². The first-order valence-electron chi connectivity index (χ1n) is 6.97. The first-order valence-corrected chi connectivity index (χ1v) is 6.97.